The number of rotatable bonds is 5. The van der Waals surface area contributed by atoms with Gasteiger partial charge < -0.3 is 9.84 Å². The number of halogens is 1. The first kappa shape index (κ1) is 16.0. The molecule has 1 aliphatic rings. The van der Waals surface area contributed by atoms with Crippen molar-refractivity contribution in [1.82, 2.24) is 9.78 Å². The Balaban J connectivity index is 2.34. The number of hydrogen-bond donors (Lipinski definition) is 1. The Hall–Kier alpha value is -0.390. The molecular formula is C15H25BrN2O2. The van der Waals surface area contributed by atoms with Crippen LogP contribution in [0.4, 0.5) is 0 Å². The topological polar surface area (TPSA) is 47.3 Å². The minimum Gasteiger partial charge on any atom is -0.384 e. The first-order chi connectivity index (χ1) is 9.64. The Morgan fingerprint density at radius 1 is 1.35 bits per heavy atom. The number of aliphatic hydroxyl groups excluding tert-OH is 1. The Kier molecular flexibility index (Phi) is 5.64. The lowest BCUT2D eigenvalue weighted by molar-refractivity contribution is -0.134. The van der Waals surface area contributed by atoms with Gasteiger partial charge in [0.2, 0.25) is 0 Å². The monoisotopic (exact) mass is 344 g/mol. The second-order valence-electron chi connectivity index (χ2n) is 5.51. The third-order valence-corrected chi connectivity index (χ3v) is 4.88. The molecule has 4 nitrogen and oxygen atoms in total. The Morgan fingerprint density at radius 2 is 2.00 bits per heavy atom. The number of ether oxygens (including phenoxy) is 1. The molecule has 1 atom stereocenters. The first-order valence-corrected chi connectivity index (χ1v) is 8.47. The van der Waals surface area contributed by atoms with E-state index in [1.54, 1.807) is 6.20 Å². The van der Waals surface area contributed by atoms with Crippen LogP contribution in [0.1, 0.15) is 64.2 Å². The fourth-order valence-electron chi connectivity index (χ4n) is 3.26. The molecular weight excluding hydrogens is 320 g/mol. The molecule has 2 rings (SSSR count). The maximum absolute atomic E-state index is 11.0. The van der Waals surface area contributed by atoms with Gasteiger partial charge in [0, 0.05) is 13.2 Å². The van der Waals surface area contributed by atoms with Crippen LogP contribution in [0.5, 0.6) is 0 Å². The average Bonchev–Trinajstić information content (AvgIpc) is 2.66. The zero-order chi connectivity index (χ0) is 14.6. The lowest BCUT2D eigenvalue weighted by Crippen LogP contribution is -2.40. The van der Waals surface area contributed by atoms with Crippen LogP contribution in [0, 0.1) is 0 Å². The van der Waals surface area contributed by atoms with Crippen molar-refractivity contribution in [2.24, 2.45) is 0 Å². The van der Waals surface area contributed by atoms with Crippen molar-refractivity contribution < 1.29 is 9.84 Å². The smallest absolute Gasteiger partial charge is 0.126 e. The fourth-order valence-corrected chi connectivity index (χ4v) is 3.77. The highest BCUT2D eigenvalue weighted by atomic mass is 79.9. The average molecular weight is 345 g/mol. The van der Waals surface area contributed by atoms with Crippen LogP contribution >= 0.6 is 15.9 Å². The third kappa shape index (κ3) is 3.10. The van der Waals surface area contributed by atoms with E-state index < -0.39 is 11.7 Å². The standard InChI is InChI=1S/C15H25BrN2O2/c1-3-18-13(12(16)11-17-18)14(19)15(20-4-2)9-7-5-6-8-10-15/h11,14,19H,3-10H2,1-2H3. The minimum atomic E-state index is -0.627. The largest absolute Gasteiger partial charge is 0.384 e. The maximum Gasteiger partial charge on any atom is 0.126 e. The van der Waals surface area contributed by atoms with E-state index in [4.69, 9.17) is 4.74 Å². The van der Waals surface area contributed by atoms with Crippen molar-refractivity contribution >= 4 is 15.9 Å². The van der Waals surface area contributed by atoms with Gasteiger partial charge in [-0.15, -0.1) is 0 Å². The van der Waals surface area contributed by atoms with Crippen LogP contribution in [0.25, 0.3) is 0 Å². The van der Waals surface area contributed by atoms with Gasteiger partial charge in [-0.05, 0) is 42.6 Å². The summed E-state index contributed by atoms with van der Waals surface area (Å²) in [6.45, 7) is 5.43. The van der Waals surface area contributed by atoms with Gasteiger partial charge in [0.05, 0.1) is 22.0 Å². The molecule has 1 fully saturated rings. The van der Waals surface area contributed by atoms with Gasteiger partial charge in [-0.2, -0.15) is 5.10 Å². The summed E-state index contributed by atoms with van der Waals surface area (Å²) in [6, 6.07) is 0. The van der Waals surface area contributed by atoms with Gasteiger partial charge in [0.15, 0.2) is 0 Å². The van der Waals surface area contributed by atoms with Crippen molar-refractivity contribution in [1.29, 1.82) is 0 Å². The van der Waals surface area contributed by atoms with Gasteiger partial charge in [0.25, 0.3) is 0 Å². The molecule has 0 radical (unpaired) electrons. The number of aryl methyl sites for hydroxylation is 1. The molecule has 0 aliphatic heterocycles. The van der Waals surface area contributed by atoms with E-state index in [2.05, 4.69) is 21.0 Å². The molecule has 1 heterocycles. The summed E-state index contributed by atoms with van der Waals surface area (Å²) < 4.78 is 8.81. The molecule has 20 heavy (non-hydrogen) atoms. The summed E-state index contributed by atoms with van der Waals surface area (Å²) >= 11 is 3.52. The van der Waals surface area contributed by atoms with Gasteiger partial charge in [-0.3, -0.25) is 4.68 Å². The Labute approximate surface area is 129 Å². The Bertz CT molecular complexity index is 426. The summed E-state index contributed by atoms with van der Waals surface area (Å²) in [5.41, 5.74) is 0.392. The molecule has 0 aromatic carbocycles. The third-order valence-electron chi connectivity index (χ3n) is 4.27. The Morgan fingerprint density at radius 3 is 2.55 bits per heavy atom. The molecule has 114 valence electrons. The predicted octanol–water partition coefficient (Wildman–Crippen LogP) is 3.83. The lowest BCUT2D eigenvalue weighted by Gasteiger charge is -2.37. The molecule has 1 aromatic rings. The van der Waals surface area contributed by atoms with Crippen LogP contribution in [-0.4, -0.2) is 27.1 Å². The van der Waals surface area contributed by atoms with Crippen LogP contribution in [-0.2, 0) is 11.3 Å². The maximum atomic E-state index is 11.0. The van der Waals surface area contributed by atoms with E-state index in [9.17, 15) is 5.11 Å². The van der Waals surface area contributed by atoms with E-state index in [0.29, 0.717) is 6.61 Å². The summed E-state index contributed by atoms with van der Waals surface area (Å²) in [6.07, 6.45) is 7.68. The van der Waals surface area contributed by atoms with E-state index in [-0.39, 0.29) is 0 Å². The minimum absolute atomic E-state index is 0.458. The predicted molar refractivity (Wildman–Crippen MR) is 82.6 cm³/mol. The normalized spacial score (nSPS) is 20.6. The number of aromatic nitrogens is 2. The van der Waals surface area contributed by atoms with Crippen molar-refractivity contribution in [3.8, 4) is 0 Å². The molecule has 0 saturated heterocycles. The molecule has 5 heteroatoms. The zero-order valence-corrected chi connectivity index (χ0v) is 14.0. The van der Waals surface area contributed by atoms with Gasteiger partial charge >= 0.3 is 0 Å². The van der Waals surface area contributed by atoms with Crippen molar-refractivity contribution in [2.75, 3.05) is 6.61 Å². The van der Waals surface area contributed by atoms with Crippen molar-refractivity contribution in [3.63, 3.8) is 0 Å². The van der Waals surface area contributed by atoms with Gasteiger partial charge in [-0.25, -0.2) is 0 Å². The quantitative estimate of drug-likeness (QED) is 0.825. The molecule has 0 bridgehead atoms. The number of aliphatic hydroxyl groups is 1. The van der Waals surface area contributed by atoms with Crippen LogP contribution in [0.15, 0.2) is 10.7 Å². The van der Waals surface area contributed by atoms with E-state index in [0.717, 1.165) is 42.4 Å². The van der Waals surface area contributed by atoms with Gasteiger partial charge in [0.1, 0.15) is 6.10 Å². The lowest BCUT2D eigenvalue weighted by atomic mass is 9.86. The summed E-state index contributed by atoms with van der Waals surface area (Å²) in [5.74, 6) is 0. The highest BCUT2D eigenvalue weighted by Gasteiger charge is 2.42. The van der Waals surface area contributed by atoms with Crippen LogP contribution < -0.4 is 0 Å². The van der Waals surface area contributed by atoms with E-state index >= 15 is 0 Å². The van der Waals surface area contributed by atoms with E-state index in [1.807, 2.05) is 18.5 Å². The zero-order valence-electron chi connectivity index (χ0n) is 12.4. The van der Waals surface area contributed by atoms with Crippen LogP contribution in [0.2, 0.25) is 0 Å². The van der Waals surface area contributed by atoms with Crippen molar-refractivity contribution in [2.45, 2.75) is 70.6 Å². The summed E-state index contributed by atoms with van der Waals surface area (Å²) in [4.78, 5) is 0. The van der Waals surface area contributed by atoms with Crippen molar-refractivity contribution in [3.05, 3.63) is 16.4 Å². The molecule has 1 unspecified atom stereocenters. The molecule has 1 aliphatic carbocycles. The molecule has 1 aromatic heterocycles. The molecule has 0 spiro atoms. The second-order valence-corrected chi connectivity index (χ2v) is 6.36. The number of hydrogen-bond acceptors (Lipinski definition) is 3. The summed E-state index contributed by atoms with van der Waals surface area (Å²) in [5, 5.41) is 15.3. The number of nitrogens with zero attached hydrogens (tertiary/aromatic N) is 2. The molecule has 1 saturated carbocycles. The second kappa shape index (κ2) is 7.05. The first-order valence-electron chi connectivity index (χ1n) is 7.68. The van der Waals surface area contributed by atoms with Gasteiger partial charge in [-0.1, -0.05) is 25.7 Å². The highest BCUT2D eigenvalue weighted by Crippen LogP contribution is 2.42. The molecule has 0 amide bonds. The fraction of sp³-hybridized carbons (Fsp3) is 0.800. The highest BCUT2D eigenvalue weighted by molar-refractivity contribution is 9.10. The summed E-state index contributed by atoms with van der Waals surface area (Å²) in [7, 11) is 0. The molecule has 1 N–H and O–H groups in total. The van der Waals surface area contributed by atoms with Crippen LogP contribution in [0.3, 0.4) is 0 Å². The SMILES string of the molecule is CCOC1(C(O)c2c(Br)cnn2CC)CCCCCC1. The van der Waals surface area contributed by atoms with E-state index in [1.165, 1.54) is 12.8 Å².